The Morgan fingerprint density at radius 1 is 1.12 bits per heavy atom. The number of urea groups is 1. The van der Waals surface area contributed by atoms with Crippen molar-refractivity contribution >= 4 is 44.1 Å². The highest BCUT2D eigenvalue weighted by Crippen LogP contribution is 2.23. The summed E-state index contributed by atoms with van der Waals surface area (Å²) < 4.78 is 1.09. The second kappa shape index (κ2) is 7.81. The molecule has 0 aliphatic heterocycles. The van der Waals surface area contributed by atoms with Crippen molar-refractivity contribution in [2.75, 3.05) is 13.6 Å². The van der Waals surface area contributed by atoms with E-state index in [0.29, 0.717) is 13.1 Å². The first-order chi connectivity index (χ1) is 11.6. The van der Waals surface area contributed by atoms with Gasteiger partial charge in [0.2, 0.25) is 0 Å². The van der Waals surface area contributed by atoms with Crippen LogP contribution in [0.1, 0.15) is 10.4 Å². The van der Waals surface area contributed by atoms with Gasteiger partial charge in [-0.15, -0.1) is 11.3 Å². The fourth-order valence-corrected chi connectivity index (χ4v) is 4.23. The van der Waals surface area contributed by atoms with Crippen molar-refractivity contribution in [1.82, 2.24) is 10.2 Å². The van der Waals surface area contributed by atoms with Gasteiger partial charge in [-0.3, -0.25) is 0 Å². The Kier molecular flexibility index (Phi) is 5.53. The number of carbonyl (C=O) groups is 1. The zero-order valence-electron chi connectivity index (χ0n) is 13.5. The van der Waals surface area contributed by atoms with Gasteiger partial charge in [0, 0.05) is 18.5 Å². The molecule has 0 saturated carbocycles. The maximum absolute atomic E-state index is 12.2. The molecule has 0 fully saturated rings. The van der Waals surface area contributed by atoms with E-state index in [2.05, 4.69) is 57.6 Å². The van der Waals surface area contributed by atoms with Crippen molar-refractivity contribution in [2.45, 2.75) is 13.0 Å². The molecule has 0 atom stereocenters. The first kappa shape index (κ1) is 17.0. The fraction of sp³-hybridized carbons (Fsp3) is 0.211. The van der Waals surface area contributed by atoms with E-state index in [0.717, 1.165) is 15.1 Å². The average molecular weight is 403 g/mol. The first-order valence-corrected chi connectivity index (χ1v) is 9.44. The van der Waals surface area contributed by atoms with Crippen molar-refractivity contribution in [1.29, 1.82) is 0 Å². The lowest BCUT2D eigenvalue weighted by Crippen LogP contribution is -2.37. The Morgan fingerprint density at radius 2 is 1.92 bits per heavy atom. The number of hydrogen-bond acceptors (Lipinski definition) is 2. The molecule has 3 rings (SSSR count). The minimum absolute atomic E-state index is 0.0419. The monoisotopic (exact) mass is 402 g/mol. The quantitative estimate of drug-likeness (QED) is 0.636. The molecule has 124 valence electrons. The summed E-state index contributed by atoms with van der Waals surface area (Å²) >= 11 is 5.10. The van der Waals surface area contributed by atoms with Crippen LogP contribution in [-0.2, 0) is 13.0 Å². The summed E-state index contributed by atoms with van der Waals surface area (Å²) in [6.45, 7) is 1.25. The SMILES string of the molecule is CN(Cc1ccc(Br)s1)C(=O)NCCc1cccc2ccccc12. The number of rotatable bonds is 5. The van der Waals surface area contributed by atoms with Gasteiger partial charge in [-0.25, -0.2) is 4.79 Å². The lowest BCUT2D eigenvalue weighted by atomic mass is 10.0. The number of amides is 2. The van der Waals surface area contributed by atoms with Gasteiger partial charge in [0.05, 0.1) is 10.3 Å². The fourth-order valence-electron chi connectivity index (χ4n) is 2.69. The van der Waals surface area contributed by atoms with E-state index in [1.54, 1.807) is 16.2 Å². The molecular formula is C19H19BrN2OS. The molecule has 5 heteroatoms. The van der Waals surface area contributed by atoms with Crippen LogP contribution in [0.2, 0.25) is 0 Å². The van der Waals surface area contributed by atoms with Crippen molar-refractivity contribution in [2.24, 2.45) is 0 Å². The van der Waals surface area contributed by atoms with Crippen LogP contribution in [0, 0.1) is 0 Å². The number of benzene rings is 2. The van der Waals surface area contributed by atoms with Gasteiger partial charge in [0.25, 0.3) is 0 Å². The van der Waals surface area contributed by atoms with Crippen LogP contribution in [0.25, 0.3) is 10.8 Å². The summed E-state index contributed by atoms with van der Waals surface area (Å²) in [7, 11) is 1.82. The highest BCUT2D eigenvalue weighted by Gasteiger charge is 2.10. The highest BCUT2D eigenvalue weighted by molar-refractivity contribution is 9.11. The predicted octanol–water partition coefficient (Wildman–Crippen LogP) is 5.05. The van der Waals surface area contributed by atoms with Gasteiger partial charge in [-0.2, -0.15) is 0 Å². The van der Waals surface area contributed by atoms with Gasteiger partial charge in [0.1, 0.15) is 0 Å². The molecule has 0 saturated heterocycles. The van der Waals surface area contributed by atoms with Crippen molar-refractivity contribution in [3.63, 3.8) is 0 Å². The summed E-state index contributed by atoms with van der Waals surface area (Å²) in [5, 5.41) is 5.50. The maximum Gasteiger partial charge on any atom is 0.317 e. The number of thiophene rings is 1. The molecular weight excluding hydrogens is 384 g/mol. The topological polar surface area (TPSA) is 32.3 Å². The van der Waals surface area contributed by atoms with Crippen LogP contribution in [0.5, 0.6) is 0 Å². The molecule has 24 heavy (non-hydrogen) atoms. The van der Waals surface area contributed by atoms with Crippen LogP contribution < -0.4 is 5.32 Å². The lowest BCUT2D eigenvalue weighted by Gasteiger charge is -2.17. The third-order valence-electron chi connectivity index (χ3n) is 3.92. The predicted molar refractivity (Wildman–Crippen MR) is 105 cm³/mol. The van der Waals surface area contributed by atoms with Crippen LogP contribution in [0.15, 0.2) is 58.4 Å². The summed E-state index contributed by atoms with van der Waals surface area (Å²) in [6.07, 6.45) is 0.825. The van der Waals surface area contributed by atoms with E-state index < -0.39 is 0 Å². The molecule has 0 radical (unpaired) electrons. The first-order valence-electron chi connectivity index (χ1n) is 7.83. The van der Waals surface area contributed by atoms with Crippen LogP contribution in [0.4, 0.5) is 4.79 Å². The molecule has 1 N–H and O–H groups in total. The number of halogens is 1. The Labute approximate surface area is 154 Å². The van der Waals surface area contributed by atoms with Gasteiger partial charge in [-0.05, 0) is 50.8 Å². The molecule has 0 aliphatic carbocycles. The molecule has 1 aromatic heterocycles. The molecule has 0 unspecified atom stereocenters. The number of nitrogens with one attached hydrogen (secondary N) is 1. The Bertz CT molecular complexity index is 841. The van der Waals surface area contributed by atoms with E-state index in [1.165, 1.54) is 16.3 Å². The minimum atomic E-state index is -0.0419. The molecule has 2 aromatic carbocycles. The molecule has 0 aliphatic rings. The van der Waals surface area contributed by atoms with E-state index in [-0.39, 0.29) is 6.03 Å². The number of fused-ring (bicyclic) bond motifs is 1. The highest BCUT2D eigenvalue weighted by atomic mass is 79.9. The molecule has 2 amide bonds. The summed E-state index contributed by atoms with van der Waals surface area (Å²) in [6, 6.07) is 18.7. The largest absolute Gasteiger partial charge is 0.338 e. The van der Waals surface area contributed by atoms with E-state index >= 15 is 0 Å². The summed E-state index contributed by atoms with van der Waals surface area (Å²) in [4.78, 5) is 15.1. The zero-order chi connectivity index (χ0) is 16.9. The molecule has 0 spiro atoms. The number of hydrogen-bond donors (Lipinski definition) is 1. The second-order valence-electron chi connectivity index (χ2n) is 5.68. The third kappa shape index (κ3) is 4.16. The Morgan fingerprint density at radius 3 is 2.71 bits per heavy atom. The Hall–Kier alpha value is -1.85. The average Bonchev–Trinajstić information content (AvgIpc) is 2.99. The second-order valence-corrected chi connectivity index (χ2v) is 8.23. The molecule has 1 heterocycles. The normalized spacial score (nSPS) is 10.8. The summed E-state index contributed by atoms with van der Waals surface area (Å²) in [5.41, 5.74) is 1.26. The van der Waals surface area contributed by atoms with Gasteiger partial charge in [0.15, 0.2) is 0 Å². The smallest absolute Gasteiger partial charge is 0.317 e. The van der Waals surface area contributed by atoms with E-state index in [4.69, 9.17) is 0 Å². The standard InChI is InChI=1S/C19H19BrN2OS/c1-22(13-16-9-10-18(20)24-16)19(23)21-12-11-15-7-4-6-14-5-2-3-8-17(14)15/h2-10H,11-13H2,1H3,(H,21,23). The zero-order valence-corrected chi connectivity index (χ0v) is 15.9. The van der Waals surface area contributed by atoms with E-state index in [1.807, 2.05) is 25.2 Å². The third-order valence-corrected chi connectivity index (χ3v) is 5.53. The van der Waals surface area contributed by atoms with Crippen LogP contribution in [0.3, 0.4) is 0 Å². The lowest BCUT2D eigenvalue weighted by molar-refractivity contribution is 0.207. The van der Waals surface area contributed by atoms with Crippen LogP contribution >= 0.6 is 27.3 Å². The molecule has 3 nitrogen and oxygen atoms in total. The summed E-state index contributed by atoms with van der Waals surface area (Å²) in [5.74, 6) is 0. The molecule has 0 bridgehead atoms. The van der Waals surface area contributed by atoms with Gasteiger partial charge < -0.3 is 10.2 Å². The van der Waals surface area contributed by atoms with Crippen LogP contribution in [-0.4, -0.2) is 24.5 Å². The number of nitrogens with zero attached hydrogens (tertiary/aromatic N) is 1. The maximum atomic E-state index is 12.2. The molecule has 3 aromatic rings. The number of carbonyl (C=O) groups excluding carboxylic acids is 1. The Balaban J connectivity index is 1.54. The van der Waals surface area contributed by atoms with Crippen molar-refractivity contribution in [3.05, 3.63) is 68.8 Å². The van der Waals surface area contributed by atoms with E-state index in [9.17, 15) is 4.79 Å². The minimum Gasteiger partial charge on any atom is -0.338 e. The van der Waals surface area contributed by atoms with Gasteiger partial charge in [-0.1, -0.05) is 42.5 Å². The van der Waals surface area contributed by atoms with Crippen molar-refractivity contribution < 1.29 is 4.79 Å². The van der Waals surface area contributed by atoms with Gasteiger partial charge >= 0.3 is 6.03 Å². The van der Waals surface area contributed by atoms with Crippen molar-refractivity contribution in [3.8, 4) is 0 Å².